The minimum Gasteiger partial charge on any atom is -0.445 e. The summed E-state index contributed by atoms with van der Waals surface area (Å²) in [5.74, 6) is -3.76. The second kappa shape index (κ2) is 19.5. The lowest BCUT2D eigenvalue weighted by molar-refractivity contribution is -0.142. The number of rotatable bonds is 18. The van der Waals surface area contributed by atoms with E-state index in [0.717, 1.165) is 37.7 Å². The maximum atomic E-state index is 14.7. The van der Waals surface area contributed by atoms with E-state index in [-0.39, 0.29) is 44.1 Å². The van der Waals surface area contributed by atoms with Crippen molar-refractivity contribution >= 4 is 35.5 Å². The number of primary amides is 1. The van der Waals surface area contributed by atoms with E-state index in [1.54, 1.807) is 25.5 Å². The summed E-state index contributed by atoms with van der Waals surface area (Å²) < 4.78 is 8.26. The Balaban J connectivity index is 1.32. The van der Waals surface area contributed by atoms with E-state index >= 15 is 0 Å². The molecule has 1 aliphatic carbocycles. The molecule has 1 saturated heterocycles. The molecular weight excluding hydrogens is 736 g/mol. The summed E-state index contributed by atoms with van der Waals surface area (Å²) >= 11 is 0. The number of carbonyl (C=O) groups is 6. The Kier molecular flexibility index (Phi) is 14.5. The van der Waals surface area contributed by atoms with E-state index in [9.17, 15) is 33.9 Å². The van der Waals surface area contributed by atoms with E-state index < -0.39 is 65.3 Å². The van der Waals surface area contributed by atoms with E-state index in [2.05, 4.69) is 31.2 Å². The van der Waals surface area contributed by atoms with Gasteiger partial charge in [0.25, 0.3) is 11.8 Å². The molecular formula is C39H54N10O8. The Morgan fingerprint density at radius 1 is 1.00 bits per heavy atom. The molecule has 1 aromatic carbocycles. The van der Waals surface area contributed by atoms with Gasteiger partial charge in [0.05, 0.1) is 36.5 Å². The number of nitrogens with one attached hydrogen (secondary N) is 3. The average molecular weight is 791 g/mol. The molecule has 18 heteroatoms. The first-order chi connectivity index (χ1) is 27.2. The first-order valence-electron chi connectivity index (χ1n) is 19.5. The van der Waals surface area contributed by atoms with Gasteiger partial charge in [-0.15, -0.1) is 5.10 Å². The maximum absolute atomic E-state index is 14.7. The van der Waals surface area contributed by atoms with E-state index in [4.69, 9.17) is 10.5 Å². The molecule has 2 aliphatic rings. The monoisotopic (exact) mass is 790 g/mol. The zero-order valence-corrected chi connectivity index (χ0v) is 32.8. The first kappa shape index (κ1) is 42.5. The second-order valence-corrected chi connectivity index (χ2v) is 15.4. The van der Waals surface area contributed by atoms with Gasteiger partial charge in [0.1, 0.15) is 30.0 Å². The highest BCUT2D eigenvalue weighted by Gasteiger charge is 2.45. The van der Waals surface area contributed by atoms with Gasteiger partial charge in [-0.25, -0.2) is 14.5 Å². The molecule has 4 atom stereocenters. The van der Waals surface area contributed by atoms with Crippen LogP contribution in [0.3, 0.4) is 0 Å². The van der Waals surface area contributed by atoms with Gasteiger partial charge in [-0.1, -0.05) is 67.6 Å². The number of aliphatic hydroxyl groups is 1. The number of Topliss-reactive ketones (excluding diaryl/α,β-unsaturated/α-hetero) is 1. The van der Waals surface area contributed by atoms with Crippen LogP contribution in [0.2, 0.25) is 0 Å². The number of imidazole rings is 1. The summed E-state index contributed by atoms with van der Waals surface area (Å²) in [7, 11) is 1.67. The number of likely N-dealkylation sites (tertiary alicyclic amines) is 1. The van der Waals surface area contributed by atoms with Crippen LogP contribution in [0.15, 0.2) is 49.1 Å². The summed E-state index contributed by atoms with van der Waals surface area (Å²) in [5, 5.41) is 27.3. The van der Waals surface area contributed by atoms with E-state index in [1.807, 2.05) is 30.3 Å². The predicted octanol–water partition coefficient (Wildman–Crippen LogP) is 1.79. The van der Waals surface area contributed by atoms with Gasteiger partial charge in [-0.3, -0.25) is 24.0 Å². The number of amides is 5. The average Bonchev–Trinajstić information content (AvgIpc) is 3.96. The largest absolute Gasteiger partial charge is 0.445 e. The zero-order valence-electron chi connectivity index (χ0n) is 32.8. The van der Waals surface area contributed by atoms with Crippen LogP contribution in [0.25, 0.3) is 0 Å². The lowest BCUT2D eigenvalue weighted by Crippen LogP contribution is -2.56. The number of nitrogens with zero attached hydrogens (tertiary/aromatic N) is 6. The van der Waals surface area contributed by atoms with Crippen LogP contribution in [0.1, 0.15) is 106 Å². The Bertz CT molecular complexity index is 1870. The van der Waals surface area contributed by atoms with Crippen molar-refractivity contribution in [3.63, 3.8) is 0 Å². The molecule has 2 fully saturated rings. The van der Waals surface area contributed by atoms with Crippen molar-refractivity contribution in [1.29, 1.82) is 0 Å². The van der Waals surface area contributed by atoms with Crippen LogP contribution in [-0.2, 0) is 43.2 Å². The molecule has 308 valence electrons. The van der Waals surface area contributed by atoms with Gasteiger partial charge in [0.2, 0.25) is 17.6 Å². The third-order valence-corrected chi connectivity index (χ3v) is 10.6. The molecule has 0 radical (unpaired) electrons. The van der Waals surface area contributed by atoms with Crippen molar-refractivity contribution in [2.75, 3.05) is 13.1 Å². The summed E-state index contributed by atoms with van der Waals surface area (Å²) in [4.78, 5) is 85.2. The molecule has 3 heterocycles. The van der Waals surface area contributed by atoms with Crippen LogP contribution in [0.5, 0.6) is 0 Å². The molecule has 1 aliphatic heterocycles. The number of benzene rings is 1. The minimum atomic E-state index is -1.36. The SMILES string of the molecule is Cn1cncc1C(=O)N[C@H](CC1CCCCC1)C(=O)N1C[C@@H](n2nncc2C(C)(C)O)C[C@H]1C(=O)NC(CCCCNC(=O)OCc1ccccc1)C(=O)C(N)=O. The highest BCUT2D eigenvalue weighted by Crippen LogP contribution is 2.33. The lowest BCUT2D eigenvalue weighted by atomic mass is 9.84. The van der Waals surface area contributed by atoms with Crippen molar-refractivity contribution in [1.82, 2.24) is 45.4 Å². The Labute approximate surface area is 331 Å². The number of nitrogens with two attached hydrogens (primary N) is 1. The lowest BCUT2D eigenvalue weighted by Gasteiger charge is -2.32. The van der Waals surface area contributed by atoms with Crippen LogP contribution in [-0.4, -0.2) is 101 Å². The summed E-state index contributed by atoms with van der Waals surface area (Å²) in [6, 6.07) is 5.11. The van der Waals surface area contributed by atoms with Crippen LogP contribution >= 0.6 is 0 Å². The molecule has 1 saturated carbocycles. The molecule has 5 amide bonds. The smallest absolute Gasteiger partial charge is 0.407 e. The number of aryl methyl sites for hydroxylation is 1. The molecule has 0 bridgehead atoms. The molecule has 5 rings (SSSR count). The van der Waals surface area contributed by atoms with Gasteiger partial charge >= 0.3 is 6.09 Å². The standard InChI is InChI=1S/C39H54N10O8/c1-39(2,56)32-21-43-46-49(32)27-19-30(48(22-27)37(54)29(18-25-12-6-4-7-13-25)45-36(53)31-20-41-24-47(31)3)35(52)44-28(33(50)34(40)51)16-10-11-17-42-38(55)57-23-26-14-8-5-9-15-26/h5,8-9,14-15,20-21,24-25,27-30,56H,4,6-7,10-13,16-19,22-23H2,1-3H3,(H2,40,51)(H,42,55)(H,44,52)(H,45,53)/t27-,28?,29+,30-/m0/s1. The van der Waals surface area contributed by atoms with E-state index in [1.165, 1.54) is 28.3 Å². The molecule has 57 heavy (non-hydrogen) atoms. The van der Waals surface area contributed by atoms with E-state index in [0.29, 0.717) is 25.0 Å². The van der Waals surface area contributed by atoms with Crippen molar-refractivity contribution < 1.29 is 38.6 Å². The maximum Gasteiger partial charge on any atom is 0.407 e. The van der Waals surface area contributed by atoms with Gasteiger partial charge in [0, 0.05) is 26.6 Å². The van der Waals surface area contributed by atoms with Crippen molar-refractivity contribution in [2.24, 2.45) is 18.7 Å². The van der Waals surface area contributed by atoms with Crippen LogP contribution < -0.4 is 21.7 Å². The van der Waals surface area contributed by atoms with Gasteiger partial charge in [0.15, 0.2) is 0 Å². The highest BCUT2D eigenvalue weighted by atomic mass is 16.5. The quantitative estimate of drug-likeness (QED) is 0.0919. The molecule has 6 N–H and O–H groups in total. The number of hydrogen-bond acceptors (Lipinski definition) is 11. The molecule has 1 unspecified atom stereocenters. The van der Waals surface area contributed by atoms with Crippen molar-refractivity contribution in [3.8, 4) is 0 Å². The predicted molar refractivity (Wildman–Crippen MR) is 205 cm³/mol. The topological polar surface area (TPSA) is 246 Å². The number of ketones is 1. The van der Waals surface area contributed by atoms with Gasteiger partial charge in [-0.2, -0.15) is 0 Å². The minimum absolute atomic E-state index is 0.0212. The number of carbonyl (C=O) groups excluding carboxylic acids is 6. The summed E-state index contributed by atoms with van der Waals surface area (Å²) in [6.45, 7) is 3.43. The van der Waals surface area contributed by atoms with Crippen LogP contribution in [0.4, 0.5) is 4.79 Å². The Morgan fingerprint density at radius 2 is 1.74 bits per heavy atom. The first-order valence-corrected chi connectivity index (χ1v) is 19.5. The molecule has 2 aromatic heterocycles. The second-order valence-electron chi connectivity index (χ2n) is 15.4. The molecule has 18 nitrogen and oxygen atoms in total. The summed E-state index contributed by atoms with van der Waals surface area (Å²) in [5.41, 5.74) is 5.50. The fourth-order valence-corrected chi connectivity index (χ4v) is 7.57. The fraction of sp³-hybridized carbons (Fsp3) is 0.564. The normalized spacial score (nSPS) is 18.4. The Hall–Kier alpha value is -5.65. The van der Waals surface area contributed by atoms with Gasteiger partial charge < -0.3 is 41.0 Å². The zero-order chi connectivity index (χ0) is 41.1. The van der Waals surface area contributed by atoms with Crippen molar-refractivity contribution in [3.05, 3.63) is 66.0 Å². The molecule has 0 spiro atoms. The number of unbranched alkanes of at least 4 members (excludes halogenated alkanes) is 1. The van der Waals surface area contributed by atoms with Crippen LogP contribution in [0, 0.1) is 5.92 Å². The number of ether oxygens (including phenoxy) is 1. The highest BCUT2D eigenvalue weighted by molar-refractivity contribution is 6.37. The number of aromatic nitrogens is 5. The number of alkyl carbamates (subject to hydrolysis) is 1. The van der Waals surface area contributed by atoms with Gasteiger partial charge in [-0.05, 0) is 51.0 Å². The third kappa shape index (κ3) is 11.5. The third-order valence-electron chi connectivity index (χ3n) is 10.6. The number of hydrogen-bond donors (Lipinski definition) is 5. The Morgan fingerprint density at radius 3 is 2.40 bits per heavy atom. The molecule has 3 aromatic rings. The fourth-order valence-electron chi connectivity index (χ4n) is 7.57. The summed E-state index contributed by atoms with van der Waals surface area (Å²) in [6.07, 6.45) is 9.71. The van der Waals surface area contributed by atoms with Crippen molar-refractivity contribution in [2.45, 2.75) is 114 Å².